The Morgan fingerprint density at radius 3 is 2.50 bits per heavy atom. The number of amides is 2. The summed E-state index contributed by atoms with van der Waals surface area (Å²) in [6.07, 6.45) is 1.43. The number of rotatable bonds is 3. The lowest BCUT2D eigenvalue weighted by Gasteiger charge is -2.37. The summed E-state index contributed by atoms with van der Waals surface area (Å²) < 4.78 is 10.8. The number of carbonyl (C=O) groups excluding carboxylic acids is 2. The third-order valence-electron chi connectivity index (χ3n) is 4.87. The van der Waals surface area contributed by atoms with Crippen molar-refractivity contribution in [1.29, 1.82) is 0 Å². The highest BCUT2D eigenvalue weighted by Gasteiger charge is 2.33. The van der Waals surface area contributed by atoms with Crippen LogP contribution in [0.15, 0.2) is 47.1 Å². The van der Waals surface area contributed by atoms with Gasteiger partial charge in [-0.25, -0.2) is 9.59 Å². The van der Waals surface area contributed by atoms with Crippen LogP contribution in [0.4, 0.5) is 9.59 Å². The Morgan fingerprint density at radius 2 is 1.87 bits per heavy atom. The predicted molar refractivity (Wildman–Crippen MR) is 114 cm³/mol. The van der Waals surface area contributed by atoms with Crippen molar-refractivity contribution in [1.82, 2.24) is 9.80 Å². The number of benzene rings is 1. The lowest BCUT2D eigenvalue weighted by atomic mass is 10.0. The molecule has 2 aliphatic rings. The molecular formula is C22H30N4O4. The SMILES string of the molecule is CC(C)(C)OC(=O)N1CCC(=NC2CN(C(=O)OCc3ccccc3)C2)C(=CN)C1. The molecule has 0 atom stereocenters. The highest BCUT2D eigenvalue weighted by Crippen LogP contribution is 2.20. The predicted octanol–water partition coefficient (Wildman–Crippen LogP) is 2.93. The lowest BCUT2D eigenvalue weighted by molar-refractivity contribution is 0.0266. The molecule has 3 rings (SSSR count). The summed E-state index contributed by atoms with van der Waals surface area (Å²) >= 11 is 0. The van der Waals surface area contributed by atoms with Crippen LogP contribution >= 0.6 is 0 Å². The van der Waals surface area contributed by atoms with Crippen molar-refractivity contribution in [3.05, 3.63) is 47.7 Å². The van der Waals surface area contributed by atoms with Crippen LogP contribution in [-0.2, 0) is 16.1 Å². The first-order chi connectivity index (χ1) is 14.2. The van der Waals surface area contributed by atoms with Gasteiger partial charge in [-0.05, 0) is 26.3 Å². The van der Waals surface area contributed by atoms with Gasteiger partial charge in [-0.2, -0.15) is 0 Å². The third kappa shape index (κ3) is 5.75. The molecule has 2 amide bonds. The molecule has 0 radical (unpaired) electrons. The van der Waals surface area contributed by atoms with Crippen molar-refractivity contribution in [2.24, 2.45) is 10.7 Å². The minimum atomic E-state index is -0.539. The second kappa shape index (κ2) is 9.19. The Labute approximate surface area is 177 Å². The third-order valence-corrected chi connectivity index (χ3v) is 4.87. The number of ether oxygens (including phenoxy) is 2. The molecule has 2 N–H and O–H groups in total. The summed E-state index contributed by atoms with van der Waals surface area (Å²) in [5, 5.41) is 0. The van der Waals surface area contributed by atoms with Gasteiger partial charge in [0.25, 0.3) is 0 Å². The minimum absolute atomic E-state index is 0.0206. The van der Waals surface area contributed by atoms with Gasteiger partial charge in [0, 0.05) is 43.5 Å². The van der Waals surface area contributed by atoms with E-state index >= 15 is 0 Å². The first kappa shape index (κ1) is 21.7. The van der Waals surface area contributed by atoms with Crippen molar-refractivity contribution in [3.63, 3.8) is 0 Å². The molecule has 0 spiro atoms. The largest absolute Gasteiger partial charge is 0.445 e. The van der Waals surface area contributed by atoms with E-state index in [1.54, 1.807) is 9.80 Å². The maximum absolute atomic E-state index is 12.3. The molecule has 8 nitrogen and oxygen atoms in total. The minimum Gasteiger partial charge on any atom is -0.445 e. The average Bonchev–Trinajstić information content (AvgIpc) is 2.68. The van der Waals surface area contributed by atoms with Crippen molar-refractivity contribution in [2.45, 2.75) is 45.4 Å². The zero-order valence-electron chi connectivity index (χ0n) is 17.8. The highest BCUT2D eigenvalue weighted by atomic mass is 16.6. The number of nitrogens with zero attached hydrogens (tertiary/aromatic N) is 3. The second-order valence-corrected chi connectivity index (χ2v) is 8.52. The Hall–Kier alpha value is -3.03. The molecule has 30 heavy (non-hydrogen) atoms. The Morgan fingerprint density at radius 1 is 1.17 bits per heavy atom. The van der Waals surface area contributed by atoms with E-state index in [9.17, 15) is 9.59 Å². The van der Waals surface area contributed by atoms with Crippen LogP contribution in [0.3, 0.4) is 0 Å². The first-order valence-corrected chi connectivity index (χ1v) is 10.2. The number of piperidine rings is 1. The fraction of sp³-hybridized carbons (Fsp3) is 0.500. The van der Waals surface area contributed by atoms with Crippen LogP contribution < -0.4 is 5.73 Å². The summed E-state index contributed by atoms with van der Waals surface area (Å²) in [6, 6.07) is 9.61. The fourth-order valence-corrected chi connectivity index (χ4v) is 3.27. The van der Waals surface area contributed by atoms with E-state index in [2.05, 4.69) is 0 Å². The maximum Gasteiger partial charge on any atom is 0.410 e. The van der Waals surface area contributed by atoms with E-state index in [1.807, 2.05) is 51.1 Å². The number of aliphatic imine (C=N–C) groups is 1. The molecule has 0 aromatic heterocycles. The molecule has 1 aromatic carbocycles. The van der Waals surface area contributed by atoms with Crippen LogP contribution in [0.5, 0.6) is 0 Å². The first-order valence-electron chi connectivity index (χ1n) is 10.2. The molecule has 162 valence electrons. The Balaban J connectivity index is 1.47. The van der Waals surface area contributed by atoms with Gasteiger partial charge >= 0.3 is 12.2 Å². The molecule has 2 aliphatic heterocycles. The topological polar surface area (TPSA) is 97.5 Å². The van der Waals surface area contributed by atoms with Crippen molar-refractivity contribution in [3.8, 4) is 0 Å². The van der Waals surface area contributed by atoms with Crippen molar-refractivity contribution in [2.75, 3.05) is 26.2 Å². The molecule has 0 bridgehead atoms. The molecular weight excluding hydrogens is 384 g/mol. The zero-order valence-corrected chi connectivity index (χ0v) is 17.8. The van der Waals surface area contributed by atoms with Gasteiger partial charge in [0.15, 0.2) is 0 Å². The molecule has 2 saturated heterocycles. The average molecular weight is 415 g/mol. The maximum atomic E-state index is 12.3. The summed E-state index contributed by atoms with van der Waals surface area (Å²) in [5.41, 5.74) is 7.91. The molecule has 8 heteroatoms. The van der Waals surface area contributed by atoms with Gasteiger partial charge in [0.1, 0.15) is 12.2 Å². The number of hydrogen-bond acceptors (Lipinski definition) is 6. The second-order valence-electron chi connectivity index (χ2n) is 8.52. The van der Waals surface area contributed by atoms with Gasteiger partial charge in [-0.3, -0.25) is 4.99 Å². The molecule has 0 unspecified atom stereocenters. The zero-order chi connectivity index (χ0) is 21.7. The number of carbonyl (C=O) groups is 2. The fourth-order valence-electron chi connectivity index (χ4n) is 3.27. The van der Waals surface area contributed by atoms with Crippen LogP contribution in [0.1, 0.15) is 32.8 Å². The molecule has 0 saturated carbocycles. The van der Waals surface area contributed by atoms with E-state index in [0.29, 0.717) is 32.6 Å². The van der Waals surface area contributed by atoms with Gasteiger partial charge < -0.3 is 25.0 Å². The summed E-state index contributed by atoms with van der Waals surface area (Å²) in [4.78, 5) is 32.5. The monoisotopic (exact) mass is 414 g/mol. The van der Waals surface area contributed by atoms with Gasteiger partial charge in [-0.1, -0.05) is 30.3 Å². The van der Waals surface area contributed by atoms with E-state index in [1.165, 1.54) is 6.20 Å². The van der Waals surface area contributed by atoms with Crippen LogP contribution in [0.25, 0.3) is 0 Å². The molecule has 2 fully saturated rings. The van der Waals surface area contributed by atoms with E-state index < -0.39 is 5.60 Å². The molecule has 2 heterocycles. The number of likely N-dealkylation sites (tertiary alicyclic amines) is 2. The van der Waals surface area contributed by atoms with E-state index in [0.717, 1.165) is 16.8 Å². The summed E-state index contributed by atoms with van der Waals surface area (Å²) in [6.45, 7) is 7.73. The summed E-state index contributed by atoms with van der Waals surface area (Å²) in [7, 11) is 0. The van der Waals surface area contributed by atoms with Crippen LogP contribution in [-0.4, -0.2) is 65.5 Å². The lowest BCUT2D eigenvalue weighted by Crippen LogP contribution is -2.53. The van der Waals surface area contributed by atoms with Gasteiger partial charge in [0.05, 0.1) is 12.6 Å². The van der Waals surface area contributed by atoms with Crippen LogP contribution in [0.2, 0.25) is 0 Å². The van der Waals surface area contributed by atoms with Crippen molar-refractivity contribution < 1.29 is 19.1 Å². The molecule has 0 aliphatic carbocycles. The van der Waals surface area contributed by atoms with Gasteiger partial charge in [0.2, 0.25) is 0 Å². The number of hydrogen-bond donors (Lipinski definition) is 1. The molecule has 1 aromatic rings. The van der Waals surface area contributed by atoms with E-state index in [-0.39, 0.29) is 24.8 Å². The summed E-state index contributed by atoms with van der Waals surface area (Å²) in [5.74, 6) is 0. The smallest absolute Gasteiger partial charge is 0.410 e. The highest BCUT2D eigenvalue weighted by molar-refractivity contribution is 6.02. The number of nitrogens with two attached hydrogens (primary N) is 1. The Kier molecular flexibility index (Phi) is 6.64. The Bertz CT molecular complexity index is 823. The van der Waals surface area contributed by atoms with Gasteiger partial charge in [-0.15, -0.1) is 0 Å². The van der Waals surface area contributed by atoms with Crippen LogP contribution in [0, 0.1) is 0 Å². The van der Waals surface area contributed by atoms with E-state index in [4.69, 9.17) is 20.2 Å². The standard InChI is InChI=1S/C22H30N4O4/c1-22(2,3)30-21(28)25-10-9-19(17(11-23)12-25)24-18-13-26(14-18)20(27)29-15-16-7-5-4-6-8-16/h4-8,11,18H,9-10,12-15,23H2,1-3H3. The van der Waals surface area contributed by atoms with Crippen molar-refractivity contribution >= 4 is 17.9 Å². The quantitative estimate of drug-likeness (QED) is 0.820. The normalized spacial score (nSPS) is 20.2.